The maximum Gasteiger partial charge on any atom is 0.230 e. The largest absolute Gasteiger partial charge is 0.368 e. The van der Waals surface area contributed by atoms with E-state index in [9.17, 15) is 0 Å². The van der Waals surface area contributed by atoms with Gasteiger partial charge < -0.3 is 15.5 Å². The molecule has 2 aromatic rings. The van der Waals surface area contributed by atoms with E-state index in [4.69, 9.17) is 33.9 Å². The first-order chi connectivity index (χ1) is 12.9. The second-order valence-electron chi connectivity index (χ2n) is 6.64. The lowest BCUT2D eigenvalue weighted by Crippen LogP contribution is -2.45. The highest BCUT2D eigenvalue weighted by molar-refractivity contribution is 7.99. The van der Waals surface area contributed by atoms with E-state index in [-0.39, 0.29) is 11.2 Å². The smallest absolute Gasteiger partial charge is 0.230 e. The Bertz CT molecular complexity index is 762. The Morgan fingerprint density at radius 3 is 2.37 bits per heavy atom. The molecule has 1 aliphatic rings. The van der Waals surface area contributed by atoms with E-state index in [1.54, 1.807) is 17.8 Å². The normalized spacial score (nSPS) is 16.5. The molecule has 1 saturated heterocycles. The standard InChI is InChI=1S/C18H24Cl2N6S/c1-3-4-15(27-14-10-12(19)9-13(20)11-14)16-22-17(21)24-18(23-16)26-7-5-25(2)6-8-26/h9-11,15H,3-8H2,1-2H3,(H2,21,22,23,24). The van der Waals surface area contributed by atoms with Crippen molar-refractivity contribution in [3.8, 4) is 0 Å². The molecule has 0 saturated carbocycles. The Kier molecular flexibility index (Phi) is 7.03. The number of aromatic nitrogens is 3. The lowest BCUT2D eigenvalue weighted by molar-refractivity contribution is 0.311. The monoisotopic (exact) mass is 426 g/mol. The number of nitrogen functional groups attached to an aromatic ring is 1. The summed E-state index contributed by atoms with van der Waals surface area (Å²) in [6, 6.07) is 5.55. The van der Waals surface area contributed by atoms with E-state index in [1.165, 1.54) is 0 Å². The van der Waals surface area contributed by atoms with Crippen LogP contribution in [0.25, 0.3) is 0 Å². The van der Waals surface area contributed by atoms with Gasteiger partial charge in [-0.25, -0.2) is 0 Å². The van der Waals surface area contributed by atoms with Crippen LogP contribution in [0.15, 0.2) is 23.1 Å². The zero-order chi connectivity index (χ0) is 19.4. The van der Waals surface area contributed by atoms with Crippen LogP contribution in [-0.2, 0) is 0 Å². The summed E-state index contributed by atoms with van der Waals surface area (Å²) < 4.78 is 0. The third-order valence-corrected chi connectivity index (χ3v) is 6.07. The molecule has 1 unspecified atom stereocenters. The van der Waals surface area contributed by atoms with Gasteiger partial charge in [0, 0.05) is 41.1 Å². The van der Waals surface area contributed by atoms with Gasteiger partial charge >= 0.3 is 0 Å². The summed E-state index contributed by atoms with van der Waals surface area (Å²) in [5, 5.41) is 1.29. The second-order valence-corrected chi connectivity index (χ2v) is 8.79. The molecule has 1 aliphatic heterocycles. The number of halogens is 2. The van der Waals surface area contributed by atoms with Gasteiger partial charge in [0.15, 0.2) is 0 Å². The van der Waals surface area contributed by atoms with Crippen molar-refractivity contribution in [1.82, 2.24) is 19.9 Å². The van der Waals surface area contributed by atoms with Crippen molar-refractivity contribution in [3.05, 3.63) is 34.1 Å². The molecule has 0 aliphatic carbocycles. The Morgan fingerprint density at radius 1 is 1.07 bits per heavy atom. The Balaban J connectivity index is 1.86. The van der Waals surface area contributed by atoms with E-state index in [2.05, 4.69) is 33.7 Å². The lowest BCUT2D eigenvalue weighted by Gasteiger charge is -2.32. The Hall–Kier alpha value is -1.28. The van der Waals surface area contributed by atoms with E-state index in [0.717, 1.165) is 43.9 Å². The molecular weight excluding hydrogens is 403 g/mol. The average molecular weight is 427 g/mol. The van der Waals surface area contributed by atoms with Crippen LogP contribution in [0.5, 0.6) is 0 Å². The molecule has 2 N–H and O–H groups in total. The summed E-state index contributed by atoms with van der Waals surface area (Å²) in [5.41, 5.74) is 6.02. The molecule has 1 atom stereocenters. The number of piperazine rings is 1. The van der Waals surface area contributed by atoms with E-state index >= 15 is 0 Å². The van der Waals surface area contributed by atoms with Crippen LogP contribution >= 0.6 is 35.0 Å². The minimum atomic E-state index is 0.0565. The van der Waals surface area contributed by atoms with Crippen LogP contribution in [0, 0.1) is 0 Å². The van der Waals surface area contributed by atoms with Crippen LogP contribution in [0.3, 0.4) is 0 Å². The van der Waals surface area contributed by atoms with Gasteiger partial charge in [0.25, 0.3) is 0 Å². The molecule has 1 aromatic heterocycles. The van der Waals surface area contributed by atoms with Gasteiger partial charge in [0.1, 0.15) is 5.82 Å². The molecule has 146 valence electrons. The van der Waals surface area contributed by atoms with Gasteiger partial charge in [-0.3, -0.25) is 0 Å². The predicted molar refractivity (Wildman–Crippen MR) is 114 cm³/mol. The number of thioether (sulfide) groups is 1. The summed E-state index contributed by atoms with van der Waals surface area (Å²) in [4.78, 5) is 19.0. The maximum atomic E-state index is 6.15. The summed E-state index contributed by atoms with van der Waals surface area (Å²) in [7, 11) is 2.12. The zero-order valence-corrected chi connectivity index (χ0v) is 17.9. The molecule has 0 amide bonds. The molecule has 3 rings (SSSR count). The van der Waals surface area contributed by atoms with Crippen molar-refractivity contribution < 1.29 is 0 Å². The summed E-state index contributed by atoms with van der Waals surface area (Å²) in [5.74, 6) is 1.63. The fourth-order valence-electron chi connectivity index (χ4n) is 2.95. The minimum absolute atomic E-state index is 0.0565. The van der Waals surface area contributed by atoms with Crippen molar-refractivity contribution in [3.63, 3.8) is 0 Å². The number of likely N-dealkylation sites (N-methyl/N-ethyl adjacent to an activating group) is 1. The van der Waals surface area contributed by atoms with Crippen molar-refractivity contribution in [2.24, 2.45) is 0 Å². The topological polar surface area (TPSA) is 71.2 Å². The first-order valence-corrected chi connectivity index (χ1v) is 10.7. The van der Waals surface area contributed by atoms with Gasteiger partial charge in [-0.2, -0.15) is 15.0 Å². The molecule has 1 aromatic carbocycles. The third kappa shape index (κ3) is 5.60. The fraction of sp³-hybridized carbons (Fsp3) is 0.500. The highest BCUT2D eigenvalue weighted by Crippen LogP contribution is 2.39. The second kappa shape index (κ2) is 9.28. The Labute approximate surface area is 174 Å². The number of nitrogens with two attached hydrogens (primary N) is 1. The first-order valence-electron chi connectivity index (χ1n) is 9.02. The predicted octanol–water partition coefficient (Wildman–Crippen LogP) is 4.15. The quantitative estimate of drug-likeness (QED) is 0.695. The molecule has 2 heterocycles. The van der Waals surface area contributed by atoms with Crippen LogP contribution < -0.4 is 10.6 Å². The SMILES string of the molecule is CCCC(Sc1cc(Cl)cc(Cl)c1)c1nc(N)nc(N2CCN(C)CC2)n1. The summed E-state index contributed by atoms with van der Waals surface area (Å²) in [6.45, 7) is 5.87. The summed E-state index contributed by atoms with van der Waals surface area (Å²) >= 11 is 14.0. The molecule has 0 spiro atoms. The molecule has 6 nitrogen and oxygen atoms in total. The number of hydrogen-bond acceptors (Lipinski definition) is 7. The van der Waals surface area contributed by atoms with Crippen molar-refractivity contribution in [1.29, 1.82) is 0 Å². The number of benzene rings is 1. The zero-order valence-electron chi connectivity index (χ0n) is 15.5. The fourth-order valence-corrected chi connectivity index (χ4v) is 4.89. The average Bonchev–Trinajstić information content (AvgIpc) is 2.60. The van der Waals surface area contributed by atoms with Gasteiger partial charge in [0.05, 0.1) is 5.25 Å². The van der Waals surface area contributed by atoms with Crippen LogP contribution in [0.2, 0.25) is 10.0 Å². The third-order valence-electron chi connectivity index (χ3n) is 4.40. The molecule has 9 heteroatoms. The highest BCUT2D eigenvalue weighted by Gasteiger charge is 2.22. The van der Waals surface area contributed by atoms with Gasteiger partial charge in [-0.05, 0) is 31.7 Å². The number of rotatable bonds is 6. The van der Waals surface area contributed by atoms with Crippen LogP contribution in [0.4, 0.5) is 11.9 Å². The molecule has 1 fully saturated rings. The first kappa shape index (κ1) is 20.5. The van der Waals surface area contributed by atoms with Crippen LogP contribution in [0.1, 0.15) is 30.8 Å². The van der Waals surface area contributed by atoms with Crippen molar-refractivity contribution in [2.75, 3.05) is 43.9 Å². The van der Waals surface area contributed by atoms with Crippen LogP contribution in [-0.4, -0.2) is 53.1 Å². The molecule has 0 bridgehead atoms. The van der Waals surface area contributed by atoms with E-state index in [0.29, 0.717) is 21.8 Å². The summed E-state index contributed by atoms with van der Waals surface area (Å²) in [6.07, 6.45) is 1.92. The molecule has 27 heavy (non-hydrogen) atoms. The van der Waals surface area contributed by atoms with Crippen molar-refractivity contribution >= 4 is 46.9 Å². The number of anilines is 2. The highest BCUT2D eigenvalue weighted by atomic mass is 35.5. The maximum absolute atomic E-state index is 6.15. The lowest BCUT2D eigenvalue weighted by atomic mass is 10.2. The minimum Gasteiger partial charge on any atom is -0.368 e. The molecule has 0 radical (unpaired) electrons. The number of nitrogens with zero attached hydrogens (tertiary/aromatic N) is 5. The van der Waals surface area contributed by atoms with Gasteiger partial charge in [-0.15, -0.1) is 11.8 Å². The van der Waals surface area contributed by atoms with E-state index < -0.39 is 0 Å². The Morgan fingerprint density at radius 2 is 1.74 bits per heavy atom. The van der Waals surface area contributed by atoms with Gasteiger partial charge in [0.2, 0.25) is 11.9 Å². The number of hydrogen-bond donors (Lipinski definition) is 1. The van der Waals surface area contributed by atoms with Crippen molar-refractivity contribution in [2.45, 2.75) is 29.9 Å². The van der Waals surface area contributed by atoms with Gasteiger partial charge in [-0.1, -0.05) is 36.5 Å². The molecular formula is C18H24Cl2N6S. The van der Waals surface area contributed by atoms with E-state index in [1.807, 2.05) is 12.1 Å².